The number of methoxy groups -OCH3 is 2. The highest BCUT2D eigenvalue weighted by Crippen LogP contribution is 2.55. The summed E-state index contributed by atoms with van der Waals surface area (Å²) in [6.07, 6.45) is -3.72. The number of benzene rings is 2. The second-order valence-electron chi connectivity index (χ2n) is 11.9. The van der Waals surface area contributed by atoms with Gasteiger partial charge in [0.25, 0.3) is 11.2 Å². The van der Waals surface area contributed by atoms with Gasteiger partial charge in [0.05, 0.1) is 25.4 Å². The molecule has 14 heteroatoms. The van der Waals surface area contributed by atoms with Crippen LogP contribution in [0.4, 0.5) is 0 Å². The number of aromatic hydroxyl groups is 2. The molecule has 6 N–H and O–H groups in total. The van der Waals surface area contributed by atoms with E-state index in [0.717, 1.165) is 14.2 Å². The van der Waals surface area contributed by atoms with Crippen molar-refractivity contribution in [1.82, 2.24) is 0 Å². The summed E-state index contributed by atoms with van der Waals surface area (Å²) in [4.78, 5) is 52.3. The van der Waals surface area contributed by atoms with E-state index in [1.54, 1.807) is 0 Å². The van der Waals surface area contributed by atoms with Crippen LogP contribution in [-0.4, -0.2) is 91.8 Å². The van der Waals surface area contributed by atoms with Crippen LogP contribution >= 0.6 is 0 Å². The third kappa shape index (κ3) is 3.70. The van der Waals surface area contributed by atoms with Crippen molar-refractivity contribution in [2.75, 3.05) is 14.2 Å². The number of phenols is 2. The first kappa shape index (κ1) is 30.9. The lowest BCUT2D eigenvalue weighted by Gasteiger charge is -2.45. The lowest BCUT2D eigenvalue weighted by molar-refractivity contribution is -0.173. The van der Waals surface area contributed by atoms with Crippen molar-refractivity contribution in [3.8, 4) is 34.1 Å². The maximum atomic E-state index is 13.2. The number of rotatable bonds is 3. The van der Waals surface area contributed by atoms with Gasteiger partial charge in [0.2, 0.25) is 0 Å². The van der Waals surface area contributed by atoms with Crippen molar-refractivity contribution < 1.29 is 68.8 Å². The molecule has 6 atom stereocenters. The average molecular weight is 639 g/mol. The number of fused-ring (bicyclic) bond motifs is 4. The second-order valence-corrected chi connectivity index (χ2v) is 11.9. The zero-order valence-electron chi connectivity index (χ0n) is 25.0. The first-order valence-electron chi connectivity index (χ1n) is 14.3. The van der Waals surface area contributed by atoms with E-state index in [1.165, 1.54) is 38.1 Å². The van der Waals surface area contributed by atoms with E-state index in [-0.39, 0.29) is 35.5 Å². The summed E-state index contributed by atoms with van der Waals surface area (Å²) in [5.41, 5.74) is -7.25. The molecule has 0 aromatic heterocycles. The third-order valence-electron chi connectivity index (χ3n) is 9.26. The van der Waals surface area contributed by atoms with Crippen molar-refractivity contribution >= 4 is 35.0 Å². The topological polar surface area (TPSA) is 227 Å². The Hall–Kier alpha value is -5.08. The fraction of sp³-hybridized carbons (Fsp3) is 0.375. The molecule has 242 valence electrons. The van der Waals surface area contributed by atoms with Gasteiger partial charge in [-0.1, -0.05) is 13.8 Å². The molecule has 0 radical (unpaired) electrons. The Labute approximate surface area is 260 Å². The summed E-state index contributed by atoms with van der Waals surface area (Å²) in [7, 11) is 2.04. The van der Waals surface area contributed by atoms with E-state index in [9.17, 15) is 49.8 Å². The number of ketones is 2. The summed E-state index contributed by atoms with van der Waals surface area (Å²) in [6.45, 7) is 3.04. The van der Waals surface area contributed by atoms with Crippen LogP contribution < -0.4 is 9.47 Å². The molecule has 2 aromatic rings. The number of carbonyl (C=O) groups excluding carboxylic acids is 4. The number of Topliss-reactive ketones (excluding diaryl/α,β-unsaturated/α-hetero) is 2. The smallest absolute Gasteiger partial charge is 0.358 e. The highest BCUT2D eigenvalue weighted by atomic mass is 16.6. The summed E-state index contributed by atoms with van der Waals surface area (Å²) in [5.74, 6) is -9.01. The van der Waals surface area contributed by atoms with E-state index < -0.39 is 104 Å². The van der Waals surface area contributed by atoms with Gasteiger partial charge in [0.15, 0.2) is 11.6 Å². The Bertz CT molecular complexity index is 1690. The quantitative estimate of drug-likeness (QED) is 0.264. The molecule has 4 aliphatic rings. The summed E-state index contributed by atoms with van der Waals surface area (Å²) in [5, 5.41) is 67.7. The van der Waals surface area contributed by atoms with Gasteiger partial charge >= 0.3 is 11.9 Å². The van der Waals surface area contributed by atoms with Crippen LogP contribution in [0.3, 0.4) is 0 Å². The van der Waals surface area contributed by atoms with Crippen LogP contribution in [0.2, 0.25) is 0 Å². The van der Waals surface area contributed by atoms with Gasteiger partial charge in [-0.05, 0) is 36.1 Å². The van der Waals surface area contributed by atoms with Gasteiger partial charge < -0.3 is 49.6 Å². The van der Waals surface area contributed by atoms with Crippen LogP contribution in [0, 0.1) is 11.8 Å². The van der Waals surface area contributed by atoms with E-state index in [0.29, 0.717) is 0 Å². The highest BCUT2D eigenvalue weighted by Gasteiger charge is 2.64. The predicted molar refractivity (Wildman–Crippen MR) is 155 cm³/mol. The standard InChI is InChI=1S/C32H30O14/c1-11-9-15(33)21-25(37)19-17(45-31(21,27(11)39)29(41)43-3)7-5-13(23(19)35)14-6-8-18-20(24(14)36)26(38)22-16(34)10-12(2)28(40)32(22,46-18)30(42)44-4/h5-8,11-12,27-28,35-40H,9-10H2,1-4H3/t11-,12-,27-,28+,31+,32+/m1/s1. The SMILES string of the molecule is COC(=O)[C@]12Oc3ccc(-c4ccc5c(c4O)C(O)=C4C(=O)C[C@@H](C)[C@H](O)[C@@]4(C(=O)OC)O5)c(O)c3C(O)=C1C(=O)C[C@@H](C)[C@H]2O. The van der Waals surface area contributed by atoms with E-state index >= 15 is 0 Å². The minimum Gasteiger partial charge on any atom is -0.506 e. The summed E-state index contributed by atoms with van der Waals surface area (Å²) < 4.78 is 21.5. The zero-order valence-corrected chi connectivity index (χ0v) is 25.0. The van der Waals surface area contributed by atoms with Crippen LogP contribution in [0.5, 0.6) is 23.0 Å². The number of carbonyl (C=O) groups is 4. The van der Waals surface area contributed by atoms with Gasteiger partial charge in [-0.25, -0.2) is 9.59 Å². The average Bonchev–Trinajstić information content (AvgIpc) is 3.01. The Balaban J connectivity index is 1.55. The molecular formula is C32H30O14. The highest BCUT2D eigenvalue weighted by molar-refractivity contribution is 6.14. The minimum absolute atomic E-state index is 0.163. The maximum Gasteiger partial charge on any atom is 0.358 e. The van der Waals surface area contributed by atoms with Gasteiger partial charge in [-0.2, -0.15) is 0 Å². The first-order chi connectivity index (χ1) is 21.7. The maximum absolute atomic E-state index is 13.2. The molecule has 0 spiro atoms. The molecular weight excluding hydrogens is 608 g/mol. The molecule has 2 aliphatic heterocycles. The molecule has 2 saturated carbocycles. The Kier molecular flexibility index (Phi) is 6.87. The van der Waals surface area contributed by atoms with Crippen molar-refractivity contribution in [3.05, 3.63) is 46.5 Å². The molecule has 46 heavy (non-hydrogen) atoms. The third-order valence-corrected chi connectivity index (χ3v) is 9.26. The van der Waals surface area contributed by atoms with Crippen molar-refractivity contribution in [1.29, 1.82) is 0 Å². The number of hydrogen-bond acceptors (Lipinski definition) is 14. The normalized spacial score (nSPS) is 29.9. The van der Waals surface area contributed by atoms with Gasteiger partial charge in [0.1, 0.15) is 57.9 Å². The molecule has 2 aliphatic carbocycles. The lowest BCUT2D eigenvalue weighted by Crippen LogP contribution is -2.64. The zero-order chi connectivity index (χ0) is 33.6. The van der Waals surface area contributed by atoms with Crippen molar-refractivity contribution in [2.24, 2.45) is 11.8 Å². The van der Waals surface area contributed by atoms with Gasteiger partial charge in [-0.3, -0.25) is 9.59 Å². The fourth-order valence-electron chi connectivity index (χ4n) is 7.00. The second kappa shape index (κ2) is 10.2. The first-order valence-corrected chi connectivity index (χ1v) is 14.3. The number of ether oxygens (including phenoxy) is 4. The molecule has 14 nitrogen and oxygen atoms in total. The Morgan fingerprint density at radius 2 is 1.04 bits per heavy atom. The van der Waals surface area contributed by atoms with E-state index in [2.05, 4.69) is 0 Å². The largest absolute Gasteiger partial charge is 0.506 e. The number of aliphatic hydroxyl groups is 4. The molecule has 0 amide bonds. The predicted octanol–water partition coefficient (Wildman–Crippen LogP) is 1.85. The number of esters is 2. The molecule has 2 heterocycles. The summed E-state index contributed by atoms with van der Waals surface area (Å²) in [6, 6.07) is 4.92. The monoisotopic (exact) mass is 638 g/mol. The number of hydrogen-bond donors (Lipinski definition) is 6. The Morgan fingerprint density at radius 1 is 0.696 bits per heavy atom. The van der Waals surface area contributed by atoms with E-state index in [4.69, 9.17) is 18.9 Å². The fourth-order valence-corrected chi connectivity index (χ4v) is 7.00. The van der Waals surface area contributed by atoms with E-state index in [1.807, 2.05) is 0 Å². The lowest BCUT2D eigenvalue weighted by atomic mass is 9.69. The molecule has 2 aromatic carbocycles. The molecule has 2 fully saturated rings. The number of aliphatic hydroxyl groups excluding tert-OH is 4. The van der Waals surface area contributed by atoms with Crippen LogP contribution in [0.25, 0.3) is 22.6 Å². The molecule has 0 unspecified atom stereocenters. The van der Waals surface area contributed by atoms with Crippen molar-refractivity contribution in [2.45, 2.75) is 50.1 Å². The molecule has 0 saturated heterocycles. The summed E-state index contributed by atoms with van der Waals surface area (Å²) >= 11 is 0. The van der Waals surface area contributed by atoms with Crippen LogP contribution in [-0.2, 0) is 28.7 Å². The van der Waals surface area contributed by atoms with Crippen LogP contribution in [0.1, 0.15) is 37.8 Å². The van der Waals surface area contributed by atoms with Gasteiger partial charge in [-0.15, -0.1) is 0 Å². The number of phenolic OH excluding ortho intramolecular Hbond substituents is 2. The van der Waals surface area contributed by atoms with Crippen molar-refractivity contribution in [3.63, 3.8) is 0 Å². The molecule has 6 rings (SSSR count). The Morgan fingerprint density at radius 3 is 1.37 bits per heavy atom. The minimum atomic E-state index is -2.42. The molecule has 0 bridgehead atoms. The van der Waals surface area contributed by atoms with Crippen LogP contribution in [0.15, 0.2) is 35.4 Å². The van der Waals surface area contributed by atoms with Gasteiger partial charge in [0, 0.05) is 24.0 Å².